The van der Waals surface area contributed by atoms with Crippen molar-refractivity contribution < 1.29 is 9.47 Å². The van der Waals surface area contributed by atoms with Crippen LogP contribution in [0.15, 0.2) is 22.8 Å². The lowest BCUT2D eigenvalue weighted by molar-refractivity contribution is 0.405. The molecule has 1 heterocycles. The van der Waals surface area contributed by atoms with E-state index in [-0.39, 0.29) is 0 Å². The van der Waals surface area contributed by atoms with E-state index in [2.05, 4.69) is 31.2 Å². The molecule has 0 bridgehead atoms. The van der Waals surface area contributed by atoms with Gasteiger partial charge in [-0.05, 0) is 22.9 Å². The topological polar surface area (TPSA) is 56.3 Å². The van der Waals surface area contributed by atoms with Gasteiger partial charge in [-0.25, -0.2) is 9.97 Å². The summed E-state index contributed by atoms with van der Waals surface area (Å²) in [5.74, 6) is 2.46. The lowest BCUT2D eigenvalue weighted by atomic mass is 10.2. The van der Waals surface area contributed by atoms with E-state index >= 15 is 0 Å². The Balaban J connectivity index is 2.41. The first-order chi connectivity index (χ1) is 9.53. The summed E-state index contributed by atoms with van der Waals surface area (Å²) in [6, 6.07) is 5.21. The van der Waals surface area contributed by atoms with Crippen LogP contribution in [0, 0.1) is 6.92 Å². The van der Waals surface area contributed by atoms with Gasteiger partial charge in [0, 0.05) is 18.2 Å². The number of anilines is 2. The molecule has 2 rings (SSSR count). The number of rotatable bonds is 4. The Morgan fingerprint density at radius 1 is 1.10 bits per heavy atom. The molecule has 0 spiro atoms. The number of hydrogen-bond acceptors (Lipinski definition) is 5. The fourth-order valence-electron chi connectivity index (χ4n) is 1.69. The van der Waals surface area contributed by atoms with Crippen LogP contribution in [0.4, 0.5) is 11.5 Å². The Kier molecular flexibility index (Phi) is 4.67. The van der Waals surface area contributed by atoms with Crippen molar-refractivity contribution in [3.8, 4) is 11.5 Å². The maximum absolute atomic E-state index is 6.07. The first-order valence-electron chi connectivity index (χ1n) is 5.73. The smallest absolute Gasteiger partial charge is 0.144 e. The van der Waals surface area contributed by atoms with Crippen molar-refractivity contribution in [3.63, 3.8) is 0 Å². The molecule has 20 heavy (non-hydrogen) atoms. The summed E-state index contributed by atoms with van der Waals surface area (Å²) < 4.78 is 11.2. The summed E-state index contributed by atoms with van der Waals surface area (Å²) in [6.45, 7) is 1.82. The Morgan fingerprint density at radius 2 is 1.80 bits per heavy atom. The van der Waals surface area contributed by atoms with E-state index in [0.29, 0.717) is 38.5 Å². The highest BCUT2D eigenvalue weighted by Crippen LogP contribution is 2.37. The molecule has 1 aromatic heterocycles. The average molecular weight is 359 g/mol. The minimum Gasteiger partial charge on any atom is -0.495 e. The molecule has 0 aliphatic rings. The van der Waals surface area contributed by atoms with Crippen LogP contribution in [-0.2, 0) is 0 Å². The van der Waals surface area contributed by atoms with Crippen LogP contribution in [0.2, 0.25) is 5.02 Å². The number of nitrogens with one attached hydrogen (secondary N) is 1. The summed E-state index contributed by atoms with van der Waals surface area (Å²) in [7, 11) is 3.13. The lowest BCUT2D eigenvalue weighted by Crippen LogP contribution is -2.00. The van der Waals surface area contributed by atoms with E-state index in [9.17, 15) is 0 Å². The summed E-state index contributed by atoms with van der Waals surface area (Å²) in [4.78, 5) is 8.46. The van der Waals surface area contributed by atoms with Crippen molar-refractivity contribution in [1.29, 1.82) is 0 Å². The fourth-order valence-corrected chi connectivity index (χ4v) is 2.40. The zero-order valence-electron chi connectivity index (χ0n) is 11.2. The van der Waals surface area contributed by atoms with Gasteiger partial charge in [0.25, 0.3) is 0 Å². The van der Waals surface area contributed by atoms with Gasteiger partial charge in [-0.1, -0.05) is 11.6 Å². The van der Waals surface area contributed by atoms with Crippen LogP contribution in [0.5, 0.6) is 11.5 Å². The van der Waals surface area contributed by atoms with Crippen molar-refractivity contribution in [1.82, 2.24) is 9.97 Å². The minimum absolute atomic E-state index is 0.481. The van der Waals surface area contributed by atoms with Crippen LogP contribution in [0.1, 0.15) is 5.82 Å². The zero-order chi connectivity index (χ0) is 14.7. The molecule has 0 atom stereocenters. The van der Waals surface area contributed by atoms with Crippen LogP contribution >= 0.6 is 27.5 Å². The normalized spacial score (nSPS) is 10.2. The number of aromatic nitrogens is 2. The van der Waals surface area contributed by atoms with Crippen molar-refractivity contribution in [2.75, 3.05) is 19.5 Å². The number of hydrogen-bond donors (Lipinski definition) is 1. The Hall–Kier alpha value is -1.53. The zero-order valence-corrected chi connectivity index (χ0v) is 13.5. The van der Waals surface area contributed by atoms with Crippen molar-refractivity contribution in [3.05, 3.63) is 33.6 Å². The summed E-state index contributed by atoms with van der Waals surface area (Å²) in [6.07, 6.45) is 0. The molecule has 0 fully saturated rings. The third kappa shape index (κ3) is 3.32. The summed E-state index contributed by atoms with van der Waals surface area (Å²) in [5, 5.41) is 3.64. The highest BCUT2D eigenvalue weighted by molar-refractivity contribution is 9.10. The molecular weight excluding hydrogens is 346 g/mol. The molecule has 1 aromatic carbocycles. The van der Waals surface area contributed by atoms with E-state index in [1.165, 1.54) is 0 Å². The molecule has 2 aromatic rings. The van der Waals surface area contributed by atoms with Crippen LogP contribution < -0.4 is 14.8 Å². The van der Waals surface area contributed by atoms with Gasteiger partial charge in [-0.2, -0.15) is 0 Å². The van der Waals surface area contributed by atoms with Gasteiger partial charge in [0.2, 0.25) is 0 Å². The van der Waals surface area contributed by atoms with Gasteiger partial charge in [-0.3, -0.25) is 0 Å². The average Bonchev–Trinajstić information content (AvgIpc) is 2.39. The van der Waals surface area contributed by atoms with Crippen LogP contribution in [0.3, 0.4) is 0 Å². The number of aryl methyl sites for hydroxylation is 1. The lowest BCUT2D eigenvalue weighted by Gasteiger charge is -2.13. The third-order valence-corrected chi connectivity index (χ3v) is 3.24. The predicted octanol–water partition coefficient (Wildman–Crippen LogP) is 3.96. The van der Waals surface area contributed by atoms with E-state index in [4.69, 9.17) is 21.1 Å². The number of ether oxygens (including phenoxy) is 2. The highest BCUT2D eigenvalue weighted by atomic mass is 79.9. The van der Waals surface area contributed by atoms with Crippen molar-refractivity contribution >= 4 is 39.0 Å². The van der Waals surface area contributed by atoms with Gasteiger partial charge in [0.1, 0.15) is 27.7 Å². The molecule has 0 aliphatic carbocycles. The van der Waals surface area contributed by atoms with Gasteiger partial charge < -0.3 is 14.8 Å². The Labute approximate surface area is 130 Å². The molecule has 0 aliphatic heterocycles. The van der Waals surface area contributed by atoms with Gasteiger partial charge in [0.15, 0.2) is 0 Å². The second-order valence-corrected chi connectivity index (χ2v) is 5.15. The number of nitrogens with zero attached hydrogens (tertiary/aromatic N) is 2. The molecule has 0 radical (unpaired) electrons. The van der Waals surface area contributed by atoms with Gasteiger partial charge in [0.05, 0.1) is 24.9 Å². The quantitative estimate of drug-likeness (QED) is 0.838. The molecule has 0 saturated carbocycles. The monoisotopic (exact) mass is 357 g/mol. The van der Waals surface area contributed by atoms with E-state index in [1.54, 1.807) is 32.4 Å². The molecule has 106 valence electrons. The van der Waals surface area contributed by atoms with Gasteiger partial charge >= 0.3 is 0 Å². The predicted molar refractivity (Wildman–Crippen MR) is 82.3 cm³/mol. The molecule has 7 heteroatoms. The first kappa shape index (κ1) is 14.9. The van der Waals surface area contributed by atoms with Crippen molar-refractivity contribution in [2.24, 2.45) is 0 Å². The number of halogens is 2. The SMILES string of the molecule is COc1cc(Nc2cc(Br)nc(C)n2)c(OC)cc1Cl. The second kappa shape index (κ2) is 6.28. The molecule has 0 saturated heterocycles. The van der Waals surface area contributed by atoms with E-state index < -0.39 is 0 Å². The van der Waals surface area contributed by atoms with Crippen LogP contribution in [-0.4, -0.2) is 24.2 Å². The van der Waals surface area contributed by atoms with Gasteiger partial charge in [-0.15, -0.1) is 0 Å². The highest BCUT2D eigenvalue weighted by Gasteiger charge is 2.11. The van der Waals surface area contributed by atoms with Crippen molar-refractivity contribution in [2.45, 2.75) is 6.92 Å². The summed E-state index contributed by atoms with van der Waals surface area (Å²) in [5.41, 5.74) is 0.707. The number of benzene rings is 1. The maximum atomic E-state index is 6.07. The Bertz CT molecular complexity index is 617. The van der Waals surface area contributed by atoms with E-state index in [0.717, 1.165) is 0 Å². The van der Waals surface area contributed by atoms with Crippen LogP contribution in [0.25, 0.3) is 0 Å². The first-order valence-corrected chi connectivity index (χ1v) is 6.90. The van der Waals surface area contributed by atoms with E-state index in [1.807, 2.05) is 6.92 Å². The minimum atomic E-state index is 0.481. The molecule has 5 nitrogen and oxygen atoms in total. The third-order valence-electron chi connectivity index (χ3n) is 2.54. The Morgan fingerprint density at radius 3 is 2.40 bits per heavy atom. The fraction of sp³-hybridized carbons (Fsp3) is 0.231. The molecular formula is C13H13BrClN3O2. The molecule has 0 unspecified atom stereocenters. The largest absolute Gasteiger partial charge is 0.495 e. The summed E-state index contributed by atoms with van der Waals surface area (Å²) >= 11 is 9.40. The molecule has 0 amide bonds. The maximum Gasteiger partial charge on any atom is 0.144 e. The second-order valence-electron chi connectivity index (χ2n) is 3.94. The number of methoxy groups -OCH3 is 2. The molecule has 1 N–H and O–H groups in total. The standard InChI is InChI=1S/C13H13BrClN3O2/c1-7-16-12(14)6-13(17-7)18-9-5-10(19-2)8(15)4-11(9)20-3/h4-6H,1-3H3,(H,16,17,18).